The summed E-state index contributed by atoms with van der Waals surface area (Å²) in [6.45, 7) is 0.407. The molecule has 5 heteroatoms. The number of hydrogen-bond acceptors (Lipinski definition) is 4. The number of amides is 1. The summed E-state index contributed by atoms with van der Waals surface area (Å²) in [5.41, 5.74) is 2.31. The van der Waals surface area contributed by atoms with Gasteiger partial charge in [0.2, 0.25) is 0 Å². The van der Waals surface area contributed by atoms with Gasteiger partial charge in [0.25, 0.3) is 5.91 Å². The summed E-state index contributed by atoms with van der Waals surface area (Å²) in [5.74, 6) is 0.626. The van der Waals surface area contributed by atoms with Crippen LogP contribution in [0.1, 0.15) is 11.1 Å². The van der Waals surface area contributed by atoms with E-state index in [1.54, 1.807) is 25.3 Å². The largest absolute Gasteiger partial charge is 0.493 e. The van der Waals surface area contributed by atoms with Crippen molar-refractivity contribution in [3.63, 3.8) is 0 Å². The molecule has 4 rings (SSSR count). The molecule has 1 amide bonds. The van der Waals surface area contributed by atoms with Gasteiger partial charge >= 0.3 is 0 Å². The first kappa shape index (κ1) is 21.7. The standard InChI is InChI=1S/C28H22N2O3/c1-32-27-16-21(11-14-26(27)33-19-20-7-3-2-4-8-20)15-24(18-29)28(31)30-25-13-12-22-9-5-6-10-23(22)17-25/h2-17H,19H2,1H3,(H,30,31). The van der Waals surface area contributed by atoms with E-state index in [1.807, 2.05) is 78.9 Å². The van der Waals surface area contributed by atoms with Crippen LogP contribution in [0.3, 0.4) is 0 Å². The van der Waals surface area contributed by atoms with Crippen molar-refractivity contribution in [2.45, 2.75) is 6.61 Å². The van der Waals surface area contributed by atoms with E-state index in [0.29, 0.717) is 29.4 Å². The molecule has 0 atom stereocenters. The molecule has 4 aromatic rings. The number of methoxy groups -OCH3 is 1. The van der Waals surface area contributed by atoms with Crippen LogP contribution < -0.4 is 14.8 Å². The minimum atomic E-state index is -0.476. The number of hydrogen-bond donors (Lipinski definition) is 1. The van der Waals surface area contributed by atoms with E-state index in [2.05, 4.69) is 5.32 Å². The van der Waals surface area contributed by atoms with E-state index in [1.165, 1.54) is 6.08 Å². The van der Waals surface area contributed by atoms with Crippen LogP contribution in [0, 0.1) is 11.3 Å². The second kappa shape index (κ2) is 10.2. The van der Waals surface area contributed by atoms with Crippen LogP contribution in [0.15, 0.2) is 96.6 Å². The van der Waals surface area contributed by atoms with Gasteiger partial charge < -0.3 is 14.8 Å². The highest BCUT2D eigenvalue weighted by Crippen LogP contribution is 2.30. The number of fused-ring (bicyclic) bond motifs is 1. The zero-order chi connectivity index (χ0) is 23.0. The molecular weight excluding hydrogens is 412 g/mol. The highest BCUT2D eigenvalue weighted by Gasteiger charge is 2.12. The molecule has 0 aliphatic carbocycles. The quantitative estimate of drug-likeness (QED) is 0.287. The molecule has 1 N–H and O–H groups in total. The molecule has 0 spiro atoms. The SMILES string of the molecule is COc1cc(C=C(C#N)C(=O)Nc2ccc3ccccc3c2)ccc1OCc1ccccc1. The normalized spacial score (nSPS) is 11.0. The maximum atomic E-state index is 12.7. The molecule has 33 heavy (non-hydrogen) atoms. The summed E-state index contributed by atoms with van der Waals surface area (Å²) in [6.07, 6.45) is 1.53. The lowest BCUT2D eigenvalue weighted by molar-refractivity contribution is -0.112. The molecule has 4 aromatic carbocycles. The van der Waals surface area contributed by atoms with Crippen LogP contribution in [0.4, 0.5) is 5.69 Å². The topological polar surface area (TPSA) is 71.3 Å². The smallest absolute Gasteiger partial charge is 0.266 e. The molecule has 0 aliphatic heterocycles. The van der Waals surface area contributed by atoms with Crippen LogP contribution in [-0.2, 0) is 11.4 Å². The van der Waals surface area contributed by atoms with Crippen molar-refractivity contribution in [2.24, 2.45) is 0 Å². The van der Waals surface area contributed by atoms with Gasteiger partial charge in [-0.05, 0) is 52.2 Å². The number of anilines is 1. The summed E-state index contributed by atoms with van der Waals surface area (Å²) in [4.78, 5) is 12.7. The molecular formula is C28H22N2O3. The van der Waals surface area contributed by atoms with Crippen molar-refractivity contribution >= 4 is 28.4 Å². The van der Waals surface area contributed by atoms with E-state index < -0.39 is 5.91 Å². The van der Waals surface area contributed by atoms with Crippen molar-refractivity contribution < 1.29 is 14.3 Å². The first-order valence-corrected chi connectivity index (χ1v) is 10.4. The Balaban J connectivity index is 1.50. The third kappa shape index (κ3) is 5.38. The first-order valence-electron chi connectivity index (χ1n) is 10.4. The molecule has 0 heterocycles. The molecule has 0 aliphatic rings. The highest BCUT2D eigenvalue weighted by atomic mass is 16.5. The van der Waals surface area contributed by atoms with Crippen molar-refractivity contribution in [2.75, 3.05) is 12.4 Å². The lowest BCUT2D eigenvalue weighted by atomic mass is 10.1. The van der Waals surface area contributed by atoms with Gasteiger partial charge in [0, 0.05) is 5.69 Å². The molecule has 0 fully saturated rings. The molecule has 0 saturated heterocycles. The third-order valence-electron chi connectivity index (χ3n) is 5.11. The Hall–Kier alpha value is -4.56. The van der Waals surface area contributed by atoms with E-state index in [4.69, 9.17) is 9.47 Å². The predicted octanol–water partition coefficient (Wildman–Crippen LogP) is 5.97. The van der Waals surface area contributed by atoms with Gasteiger partial charge in [-0.25, -0.2) is 0 Å². The molecule has 0 saturated carbocycles. The van der Waals surface area contributed by atoms with Crippen LogP contribution in [-0.4, -0.2) is 13.0 Å². The van der Waals surface area contributed by atoms with E-state index in [9.17, 15) is 10.1 Å². The number of carbonyl (C=O) groups excluding carboxylic acids is 1. The summed E-state index contributed by atoms with van der Waals surface area (Å²) in [6, 6.07) is 30.6. The Labute approximate surface area is 192 Å². The Bertz CT molecular complexity index is 1350. The molecule has 0 radical (unpaired) electrons. The zero-order valence-electron chi connectivity index (χ0n) is 18.1. The average Bonchev–Trinajstić information content (AvgIpc) is 2.86. The Kier molecular flexibility index (Phi) is 6.67. The minimum Gasteiger partial charge on any atom is -0.493 e. The lowest BCUT2D eigenvalue weighted by Crippen LogP contribution is -2.13. The van der Waals surface area contributed by atoms with Crippen molar-refractivity contribution in [1.29, 1.82) is 5.26 Å². The Morgan fingerprint density at radius 2 is 1.67 bits per heavy atom. The summed E-state index contributed by atoms with van der Waals surface area (Å²) >= 11 is 0. The second-order valence-corrected chi connectivity index (χ2v) is 7.37. The number of ether oxygens (including phenoxy) is 2. The van der Waals surface area contributed by atoms with Crippen LogP contribution in [0.25, 0.3) is 16.8 Å². The minimum absolute atomic E-state index is 0.0110. The summed E-state index contributed by atoms with van der Waals surface area (Å²) in [7, 11) is 1.55. The summed E-state index contributed by atoms with van der Waals surface area (Å²) < 4.78 is 11.3. The van der Waals surface area contributed by atoms with Crippen molar-refractivity contribution in [3.05, 3.63) is 108 Å². The molecule has 5 nitrogen and oxygen atoms in total. The predicted molar refractivity (Wildman–Crippen MR) is 130 cm³/mol. The van der Waals surface area contributed by atoms with Crippen molar-refractivity contribution in [1.82, 2.24) is 0 Å². The van der Waals surface area contributed by atoms with Crippen LogP contribution in [0.5, 0.6) is 11.5 Å². The number of nitrogens with zero attached hydrogens (tertiary/aromatic N) is 1. The fourth-order valence-corrected chi connectivity index (χ4v) is 3.41. The number of carbonyl (C=O) groups is 1. The number of rotatable bonds is 7. The fourth-order valence-electron chi connectivity index (χ4n) is 3.41. The second-order valence-electron chi connectivity index (χ2n) is 7.37. The average molecular weight is 434 g/mol. The van der Waals surface area contributed by atoms with Gasteiger partial charge in [0.1, 0.15) is 18.2 Å². The number of nitrogens with one attached hydrogen (secondary N) is 1. The fraction of sp³-hybridized carbons (Fsp3) is 0.0714. The van der Waals surface area contributed by atoms with Crippen LogP contribution >= 0.6 is 0 Å². The van der Waals surface area contributed by atoms with Gasteiger partial charge in [0.05, 0.1) is 7.11 Å². The monoisotopic (exact) mass is 434 g/mol. The van der Waals surface area contributed by atoms with Gasteiger partial charge in [-0.2, -0.15) is 5.26 Å². The van der Waals surface area contributed by atoms with E-state index in [-0.39, 0.29) is 5.57 Å². The Morgan fingerprint density at radius 1 is 0.909 bits per heavy atom. The lowest BCUT2D eigenvalue weighted by Gasteiger charge is -2.11. The van der Waals surface area contributed by atoms with Crippen molar-refractivity contribution in [3.8, 4) is 17.6 Å². The molecule has 0 unspecified atom stereocenters. The molecule has 162 valence electrons. The maximum absolute atomic E-state index is 12.7. The molecule has 0 bridgehead atoms. The van der Waals surface area contributed by atoms with Gasteiger partial charge in [-0.3, -0.25) is 4.79 Å². The summed E-state index contributed by atoms with van der Waals surface area (Å²) in [5, 5.41) is 14.4. The van der Waals surface area contributed by atoms with Crippen LogP contribution in [0.2, 0.25) is 0 Å². The van der Waals surface area contributed by atoms with Gasteiger partial charge in [-0.1, -0.05) is 66.7 Å². The number of nitriles is 1. The Morgan fingerprint density at radius 3 is 2.42 bits per heavy atom. The third-order valence-corrected chi connectivity index (χ3v) is 5.11. The zero-order valence-corrected chi connectivity index (χ0v) is 18.1. The van der Waals surface area contributed by atoms with E-state index >= 15 is 0 Å². The first-order chi connectivity index (χ1) is 16.2. The molecule has 0 aromatic heterocycles. The number of benzene rings is 4. The van der Waals surface area contributed by atoms with Gasteiger partial charge in [-0.15, -0.1) is 0 Å². The maximum Gasteiger partial charge on any atom is 0.266 e. The highest BCUT2D eigenvalue weighted by molar-refractivity contribution is 6.10. The van der Waals surface area contributed by atoms with Gasteiger partial charge in [0.15, 0.2) is 11.5 Å². The van der Waals surface area contributed by atoms with E-state index in [0.717, 1.165) is 16.3 Å².